The molecule has 0 aliphatic heterocycles. The first-order valence-corrected chi connectivity index (χ1v) is 3.22. The Balaban J connectivity index is 0.000000112. The molecule has 0 aliphatic rings. The van der Waals surface area contributed by atoms with Gasteiger partial charge in [-0.1, -0.05) is 0 Å². The lowest BCUT2D eigenvalue weighted by molar-refractivity contribution is 1.09. The Bertz CT molecular complexity index is 229. The average molecular weight is 150 g/mol. The number of aromatic nitrogens is 3. The number of anilines is 1. The number of nitrogens with zero attached hydrogens (tertiary/aromatic N) is 1. The molecule has 4 N–H and O–H groups in total. The third kappa shape index (κ3) is 3.10. The smallest absolute Gasteiger partial charge is 0.100 e. The molecule has 0 spiro atoms. The predicted octanol–water partition coefficient (Wildman–Crippen LogP) is 1.01. The van der Waals surface area contributed by atoms with Gasteiger partial charge in [-0.3, -0.25) is 5.10 Å². The third-order valence-electron chi connectivity index (χ3n) is 1.03. The van der Waals surface area contributed by atoms with Crippen molar-refractivity contribution in [1.82, 2.24) is 15.2 Å². The molecule has 2 aromatic rings. The topological polar surface area (TPSA) is 70.5 Å². The highest BCUT2D eigenvalue weighted by Crippen LogP contribution is 1.90. The molecule has 58 valence electrons. The number of aromatic amines is 2. The molecule has 0 aliphatic carbocycles. The number of nitrogens with two attached hydrogens (primary N) is 1. The number of H-pyrrole nitrogens is 2. The van der Waals surface area contributed by atoms with Gasteiger partial charge in [0.25, 0.3) is 0 Å². The number of hydrogen-bond donors (Lipinski definition) is 3. The Morgan fingerprint density at radius 1 is 1.27 bits per heavy atom. The molecule has 2 rings (SSSR count). The average Bonchev–Trinajstić information content (AvgIpc) is 2.57. The zero-order chi connectivity index (χ0) is 7.94. The normalized spacial score (nSPS) is 8.36. The van der Waals surface area contributed by atoms with E-state index in [4.69, 9.17) is 5.73 Å². The molecule has 0 saturated carbocycles. The predicted molar refractivity (Wildman–Crippen MR) is 43.8 cm³/mol. The maximum absolute atomic E-state index is 5.22. The Kier molecular flexibility index (Phi) is 2.80. The van der Waals surface area contributed by atoms with E-state index in [1.165, 1.54) is 0 Å². The van der Waals surface area contributed by atoms with Crippen LogP contribution in [0.4, 0.5) is 5.82 Å². The summed E-state index contributed by atoms with van der Waals surface area (Å²) >= 11 is 0. The molecule has 0 bridgehead atoms. The Morgan fingerprint density at radius 2 is 2.18 bits per heavy atom. The van der Waals surface area contributed by atoms with Gasteiger partial charge in [0, 0.05) is 18.6 Å². The van der Waals surface area contributed by atoms with E-state index >= 15 is 0 Å². The second-order valence-electron chi connectivity index (χ2n) is 1.89. The molecule has 0 fully saturated rings. The SMILES string of the molecule is Nc1ccc[nH]1.c1cn[nH]c1. The van der Waals surface area contributed by atoms with Crippen LogP contribution in [0.25, 0.3) is 0 Å². The summed E-state index contributed by atoms with van der Waals surface area (Å²) in [5.74, 6) is 0.718. The second kappa shape index (κ2) is 4.16. The molecule has 11 heavy (non-hydrogen) atoms. The van der Waals surface area contributed by atoms with E-state index in [9.17, 15) is 0 Å². The van der Waals surface area contributed by atoms with Gasteiger partial charge in [-0.15, -0.1) is 0 Å². The lowest BCUT2D eigenvalue weighted by Crippen LogP contribution is -1.79. The Labute approximate surface area is 64.4 Å². The van der Waals surface area contributed by atoms with Crippen LogP contribution in [0.1, 0.15) is 0 Å². The monoisotopic (exact) mass is 150 g/mol. The van der Waals surface area contributed by atoms with E-state index in [0.29, 0.717) is 0 Å². The van der Waals surface area contributed by atoms with Gasteiger partial charge in [-0.25, -0.2) is 0 Å². The van der Waals surface area contributed by atoms with Crippen molar-refractivity contribution in [1.29, 1.82) is 0 Å². The highest BCUT2D eigenvalue weighted by Gasteiger charge is 1.72. The molecule has 0 radical (unpaired) electrons. The summed E-state index contributed by atoms with van der Waals surface area (Å²) in [6, 6.07) is 5.50. The van der Waals surface area contributed by atoms with Crippen LogP contribution in [-0.2, 0) is 0 Å². The molecule has 2 heterocycles. The van der Waals surface area contributed by atoms with Gasteiger partial charge in [-0.05, 0) is 18.2 Å². The fourth-order valence-corrected chi connectivity index (χ4v) is 0.559. The molecule has 4 nitrogen and oxygen atoms in total. The maximum Gasteiger partial charge on any atom is 0.100 e. The Hall–Kier alpha value is -1.71. The van der Waals surface area contributed by atoms with Gasteiger partial charge in [0.2, 0.25) is 0 Å². The van der Waals surface area contributed by atoms with Crippen LogP contribution in [-0.4, -0.2) is 15.2 Å². The van der Waals surface area contributed by atoms with Crippen LogP contribution in [0.2, 0.25) is 0 Å². The van der Waals surface area contributed by atoms with E-state index in [0.717, 1.165) is 5.82 Å². The quantitative estimate of drug-likeness (QED) is 0.524. The van der Waals surface area contributed by atoms with Crippen LogP contribution >= 0.6 is 0 Å². The van der Waals surface area contributed by atoms with E-state index in [-0.39, 0.29) is 0 Å². The molecule has 0 amide bonds. The van der Waals surface area contributed by atoms with Crippen LogP contribution in [0.3, 0.4) is 0 Å². The molecule has 0 aromatic carbocycles. The van der Waals surface area contributed by atoms with Crippen molar-refractivity contribution in [2.75, 3.05) is 5.73 Å². The van der Waals surface area contributed by atoms with Gasteiger partial charge in [-0.2, -0.15) is 5.10 Å². The molecular weight excluding hydrogens is 140 g/mol. The zero-order valence-corrected chi connectivity index (χ0v) is 5.99. The standard InChI is InChI=1S/C4H6N2.C3H4N2/c5-4-2-1-3-6-4;1-2-4-5-3-1/h1-3,6H,5H2;1-3H,(H,4,5). The summed E-state index contributed by atoms with van der Waals surface area (Å²) in [6.07, 6.45) is 5.25. The fourth-order valence-electron chi connectivity index (χ4n) is 0.559. The van der Waals surface area contributed by atoms with Crippen molar-refractivity contribution in [2.45, 2.75) is 0 Å². The molecular formula is C7H10N4. The van der Waals surface area contributed by atoms with Gasteiger partial charge < -0.3 is 10.7 Å². The first-order chi connectivity index (χ1) is 5.39. The largest absolute Gasteiger partial charge is 0.385 e. The number of hydrogen-bond acceptors (Lipinski definition) is 2. The molecule has 0 saturated heterocycles. The number of nitrogen functional groups attached to an aromatic ring is 1. The maximum atomic E-state index is 5.22. The lowest BCUT2D eigenvalue weighted by atomic mass is 10.6. The van der Waals surface area contributed by atoms with Crippen molar-refractivity contribution in [3.63, 3.8) is 0 Å². The van der Waals surface area contributed by atoms with E-state index in [1.807, 2.05) is 12.1 Å². The van der Waals surface area contributed by atoms with Gasteiger partial charge in [0.15, 0.2) is 0 Å². The molecule has 0 unspecified atom stereocenters. The van der Waals surface area contributed by atoms with Crippen LogP contribution in [0.5, 0.6) is 0 Å². The minimum atomic E-state index is 0.718. The molecule has 0 atom stereocenters. The van der Waals surface area contributed by atoms with E-state index in [1.54, 1.807) is 24.7 Å². The van der Waals surface area contributed by atoms with Gasteiger partial charge in [0.05, 0.1) is 0 Å². The van der Waals surface area contributed by atoms with E-state index in [2.05, 4.69) is 15.2 Å². The van der Waals surface area contributed by atoms with Gasteiger partial charge >= 0.3 is 0 Å². The lowest BCUT2D eigenvalue weighted by Gasteiger charge is -1.72. The van der Waals surface area contributed by atoms with E-state index < -0.39 is 0 Å². The third-order valence-corrected chi connectivity index (χ3v) is 1.03. The van der Waals surface area contributed by atoms with Crippen molar-refractivity contribution in [3.05, 3.63) is 36.8 Å². The summed E-state index contributed by atoms with van der Waals surface area (Å²) in [5.41, 5.74) is 5.22. The van der Waals surface area contributed by atoms with Crippen LogP contribution < -0.4 is 5.73 Å². The number of nitrogens with one attached hydrogen (secondary N) is 2. The molecule has 2 aromatic heterocycles. The van der Waals surface area contributed by atoms with Crippen molar-refractivity contribution in [2.24, 2.45) is 0 Å². The first-order valence-electron chi connectivity index (χ1n) is 3.22. The summed E-state index contributed by atoms with van der Waals surface area (Å²) in [4.78, 5) is 2.78. The summed E-state index contributed by atoms with van der Waals surface area (Å²) in [6.45, 7) is 0. The second-order valence-corrected chi connectivity index (χ2v) is 1.89. The van der Waals surface area contributed by atoms with Gasteiger partial charge in [0.1, 0.15) is 5.82 Å². The highest BCUT2D eigenvalue weighted by molar-refractivity contribution is 5.26. The fraction of sp³-hybridized carbons (Fsp3) is 0. The van der Waals surface area contributed by atoms with Crippen molar-refractivity contribution >= 4 is 5.82 Å². The Morgan fingerprint density at radius 3 is 2.36 bits per heavy atom. The van der Waals surface area contributed by atoms with Crippen molar-refractivity contribution < 1.29 is 0 Å². The summed E-state index contributed by atoms with van der Waals surface area (Å²) in [5, 5.41) is 6.21. The zero-order valence-electron chi connectivity index (χ0n) is 5.99. The summed E-state index contributed by atoms with van der Waals surface area (Å²) in [7, 11) is 0. The molecule has 4 heteroatoms. The minimum Gasteiger partial charge on any atom is -0.385 e. The highest BCUT2D eigenvalue weighted by atomic mass is 15.1. The van der Waals surface area contributed by atoms with Crippen LogP contribution in [0, 0.1) is 0 Å². The first kappa shape index (κ1) is 7.40. The van der Waals surface area contributed by atoms with Crippen molar-refractivity contribution in [3.8, 4) is 0 Å². The minimum absolute atomic E-state index is 0.718. The number of rotatable bonds is 0. The summed E-state index contributed by atoms with van der Waals surface area (Å²) < 4.78 is 0. The van der Waals surface area contributed by atoms with Crippen LogP contribution in [0.15, 0.2) is 36.8 Å².